The number of hydrogen-bond donors (Lipinski definition) is 3. The number of hydrogen-bond acceptors (Lipinski definition) is 4. The lowest BCUT2D eigenvalue weighted by Crippen LogP contribution is -2.31. The van der Waals surface area contributed by atoms with E-state index in [1.807, 2.05) is 36.4 Å². The topological polar surface area (TPSA) is 93.5 Å². The fraction of sp³-hybridized carbons (Fsp3) is 0.364. The Bertz CT molecular complexity index is 816. The molecule has 1 fully saturated rings. The number of nitrogens with two attached hydrogens (primary N) is 1. The molecule has 6 heteroatoms. The zero-order valence-corrected chi connectivity index (χ0v) is 15.9. The number of ether oxygens (including phenoxy) is 1. The highest BCUT2D eigenvalue weighted by Crippen LogP contribution is 2.13. The van der Waals surface area contributed by atoms with Crippen LogP contribution in [0.2, 0.25) is 0 Å². The second-order valence-electron chi connectivity index (χ2n) is 7.02. The number of aryl methyl sites for hydroxylation is 1. The molecule has 0 saturated carbocycles. The molecule has 28 heavy (non-hydrogen) atoms. The Kier molecular flexibility index (Phi) is 7.03. The molecule has 148 valence electrons. The molecule has 0 radical (unpaired) electrons. The van der Waals surface area contributed by atoms with Crippen LogP contribution >= 0.6 is 0 Å². The third kappa shape index (κ3) is 5.82. The van der Waals surface area contributed by atoms with E-state index in [2.05, 4.69) is 10.6 Å². The van der Waals surface area contributed by atoms with Crippen molar-refractivity contribution in [3.05, 3.63) is 65.2 Å². The van der Waals surface area contributed by atoms with E-state index in [1.165, 1.54) is 0 Å². The Morgan fingerprint density at radius 2 is 1.96 bits per heavy atom. The van der Waals surface area contributed by atoms with Gasteiger partial charge in [0.05, 0.1) is 6.10 Å². The van der Waals surface area contributed by atoms with E-state index in [-0.39, 0.29) is 17.9 Å². The zero-order valence-electron chi connectivity index (χ0n) is 15.9. The lowest BCUT2D eigenvalue weighted by molar-refractivity contribution is -0.121. The predicted molar refractivity (Wildman–Crippen MR) is 109 cm³/mol. The molecule has 0 spiro atoms. The van der Waals surface area contributed by atoms with Crippen molar-refractivity contribution < 1.29 is 14.3 Å². The fourth-order valence-corrected chi connectivity index (χ4v) is 3.24. The summed E-state index contributed by atoms with van der Waals surface area (Å²) < 4.78 is 5.52. The van der Waals surface area contributed by atoms with Crippen LogP contribution in [0, 0.1) is 0 Å². The summed E-state index contributed by atoms with van der Waals surface area (Å²) >= 11 is 0. The lowest BCUT2D eigenvalue weighted by Gasteiger charge is -2.11. The molecular weight excluding hydrogens is 354 g/mol. The van der Waals surface area contributed by atoms with Crippen LogP contribution in [-0.2, 0) is 22.5 Å². The van der Waals surface area contributed by atoms with Gasteiger partial charge in [0.2, 0.25) is 5.91 Å². The molecule has 0 aromatic heterocycles. The van der Waals surface area contributed by atoms with Crippen LogP contribution in [0.15, 0.2) is 48.5 Å². The summed E-state index contributed by atoms with van der Waals surface area (Å²) in [6.45, 7) is 1.69. The van der Waals surface area contributed by atoms with Crippen molar-refractivity contribution in [1.29, 1.82) is 0 Å². The van der Waals surface area contributed by atoms with E-state index in [9.17, 15) is 9.59 Å². The molecule has 4 N–H and O–H groups in total. The minimum absolute atomic E-state index is 0.0449. The minimum atomic E-state index is -0.122. The van der Waals surface area contributed by atoms with Crippen molar-refractivity contribution in [3.63, 3.8) is 0 Å². The summed E-state index contributed by atoms with van der Waals surface area (Å²) in [5.74, 6) is -0.167. The number of nitrogens with one attached hydrogen (secondary N) is 2. The Balaban J connectivity index is 1.45. The number of amides is 2. The van der Waals surface area contributed by atoms with Gasteiger partial charge in [-0.2, -0.15) is 0 Å². The zero-order chi connectivity index (χ0) is 19.8. The van der Waals surface area contributed by atoms with Crippen LogP contribution in [0.1, 0.15) is 40.7 Å². The van der Waals surface area contributed by atoms with E-state index >= 15 is 0 Å². The van der Waals surface area contributed by atoms with Gasteiger partial charge in [0, 0.05) is 37.4 Å². The molecule has 1 unspecified atom stereocenters. The highest BCUT2D eigenvalue weighted by molar-refractivity contribution is 5.94. The van der Waals surface area contributed by atoms with Crippen LogP contribution < -0.4 is 16.4 Å². The van der Waals surface area contributed by atoms with E-state index in [0.29, 0.717) is 37.2 Å². The Morgan fingerprint density at radius 1 is 1.11 bits per heavy atom. The van der Waals surface area contributed by atoms with Crippen LogP contribution in [0.4, 0.5) is 5.69 Å². The minimum Gasteiger partial charge on any atom is -0.399 e. The maximum atomic E-state index is 12.3. The van der Waals surface area contributed by atoms with Gasteiger partial charge >= 0.3 is 0 Å². The summed E-state index contributed by atoms with van der Waals surface area (Å²) in [5, 5.41) is 5.81. The number of nitrogen functional groups attached to an aromatic ring is 1. The summed E-state index contributed by atoms with van der Waals surface area (Å²) in [5.41, 5.74) is 9.06. The van der Waals surface area contributed by atoms with Crippen molar-refractivity contribution in [1.82, 2.24) is 10.6 Å². The third-order valence-electron chi connectivity index (χ3n) is 4.87. The van der Waals surface area contributed by atoms with Crippen molar-refractivity contribution in [2.75, 3.05) is 18.9 Å². The second kappa shape index (κ2) is 9.90. The summed E-state index contributed by atoms with van der Waals surface area (Å²) in [4.78, 5) is 24.4. The summed E-state index contributed by atoms with van der Waals surface area (Å²) in [7, 11) is 0. The maximum absolute atomic E-state index is 12.3. The molecule has 2 aromatic rings. The molecule has 6 nitrogen and oxygen atoms in total. The summed E-state index contributed by atoms with van der Waals surface area (Å²) in [6, 6.07) is 14.9. The van der Waals surface area contributed by atoms with E-state index < -0.39 is 0 Å². The molecule has 1 saturated heterocycles. The van der Waals surface area contributed by atoms with Gasteiger partial charge < -0.3 is 21.1 Å². The molecule has 2 amide bonds. The number of anilines is 1. The Morgan fingerprint density at radius 3 is 2.75 bits per heavy atom. The molecule has 1 aliphatic heterocycles. The summed E-state index contributed by atoms with van der Waals surface area (Å²) in [6.07, 6.45) is 3.12. The van der Waals surface area contributed by atoms with Gasteiger partial charge in [-0.25, -0.2) is 0 Å². The first-order valence-corrected chi connectivity index (χ1v) is 9.70. The van der Waals surface area contributed by atoms with Crippen molar-refractivity contribution in [2.24, 2.45) is 0 Å². The van der Waals surface area contributed by atoms with Crippen LogP contribution in [0.25, 0.3) is 0 Å². The van der Waals surface area contributed by atoms with Crippen LogP contribution in [0.3, 0.4) is 0 Å². The molecule has 1 heterocycles. The monoisotopic (exact) mass is 381 g/mol. The van der Waals surface area contributed by atoms with Gasteiger partial charge in [0.1, 0.15) is 0 Å². The lowest BCUT2D eigenvalue weighted by atomic mass is 10.1. The molecule has 3 rings (SSSR count). The van der Waals surface area contributed by atoms with E-state index in [0.717, 1.165) is 30.6 Å². The van der Waals surface area contributed by atoms with E-state index in [4.69, 9.17) is 10.5 Å². The number of rotatable bonds is 8. The first-order valence-electron chi connectivity index (χ1n) is 9.70. The van der Waals surface area contributed by atoms with Gasteiger partial charge in [0.25, 0.3) is 5.91 Å². The molecule has 0 aliphatic carbocycles. The van der Waals surface area contributed by atoms with Crippen LogP contribution in [0.5, 0.6) is 0 Å². The maximum Gasteiger partial charge on any atom is 0.251 e. The SMILES string of the molecule is Nc1ccccc1CCC(=O)NCc1cccc(C(=O)NCC2CCCO2)c1. The third-order valence-corrected chi connectivity index (χ3v) is 4.87. The molecule has 1 aliphatic rings. The van der Waals surface area contributed by atoms with Gasteiger partial charge in [-0.3, -0.25) is 9.59 Å². The number of carbonyl (C=O) groups excluding carboxylic acids is 2. The van der Waals surface area contributed by atoms with Crippen molar-refractivity contribution in [2.45, 2.75) is 38.3 Å². The average Bonchev–Trinajstić information content (AvgIpc) is 3.24. The largest absolute Gasteiger partial charge is 0.399 e. The molecule has 0 bridgehead atoms. The smallest absolute Gasteiger partial charge is 0.251 e. The van der Waals surface area contributed by atoms with Gasteiger partial charge in [0.15, 0.2) is 0 Å². The molecule has 2 aromatic carbocycles. The highest BCUT2D eigenvalue weighted by Gasteiger charge is 2.16. The number of benzene rings is 2. The first-order chi connectivity index (χ1) is 13.6. The quantitative estimate of drug-likeness (QED) is 0.612. The normalized spacial score (nSPS) is 15.9. The standard InChI is InChI=1S/C22H27N3O3/c23-20-9-2-1-6-17(20)10-11-21(26)24-14-16-5-3-7-18(13-16)22(27)25-15-19-8-4-12-28-19/h1-3,5-7,9,13,19H,4,8,10-12,14-15,23H2,(H,24,26)(H,25,27). The Hall–Kier alpha value is -2.86. The highest BCUT2D eigenvalue weighted by atomic mass is 16.5. The first kappa shape index (κ1) is 19.9. The molecule has 1 atom stereocenters. The number of carbonyl (C=O) groups is 2. The van der Waals surface area contributed by atoms with Gasteiger partial charge in [-0.15, -0.1) is 0 Å². The average molecular weight is 381 g/mol. The Labute approximate surface area is 165 Å². The predicted octanol–water partition coefficient (Wildman–Crippen LogP) is 2.43. The van der Waals surface area contributed by atoms with Gasteiger partial charge in [-0.05, 0) is 48.6 Å². The van der Waals surface area contributed by atoms with E-state index in [1.54, 1.807) is 12.1 Å². The van der Waals surface area contributed by atoms with Crippen LogP contribution in [-0.4, -0.2) is 31.1 Å². The fourth-order valence-electron chi connectivity index (χ4n) is 3.24. The molecular formula is C22H27N3O3. The number of para-hydroxylation sites is 1. The van der Waals surface area contributed by atoms with Crippen molar-refractivity contribution in [3.8, 4) is 0 Å². The van der Waals surface area contributed by atoms with Gasteiger partial charge in [-0.1, -0.05) is 30.3 Å². The van der Waals surface area contributed by atoms with Crippen molar-refractivity contribution >= 4 is 17.5 Å². The second-order valence-corrected chi connectivity index (χ2v) is 7.02.